The van der Waals surface area contributed by atoms with Gasteiger partial charge in [-0.3, -0.25) is 9.05 Å². The van der Waals surface area contributed by atoms with Gasteiger partial charge in [0.15, 0.2) is 0 Å². The Labute approximate surface area is 175 Å². The number of phosphoric acid groups is 1. The lowest BCUT2D eigenvalue weighted by molar-refractivity contribution is -0.0317. The zero-order chi connectivity index (χ0) is 21.4. The van der Waals surface area contributed by atoms with E-state index in [1.54, 1.807) is 6.92 Å². The van der Waals surface area contributed by atoms with Crippen LogP contribution in [0.3, 0.4) is 0 Å². The summed E-state index contributed by atoms with van der Waals surface area (Å²) >= 11 is 5.09. The molecule has 0 saturated heterocycles. The number of carbonyl (C=O) groups excluding carboxylic acids is 1. The Balaban J connectivity index is 1.99. The Bertz CT molecular complexity index is 734. The minimum atomic E-state index is -4.28. The lowest BCUT2D eigenvalue weighted by Crippen LogP contribution is -2.43. The number of rotatable bonds is 9. The fourth-order valence-corrected chi connectivity index (χ4v) is 4.07. The van der Waals surface area contributed by atoms with Gasteiger partial charge in [-0.05, 0) is 18.9 Å². The fraction of sp³-hybridized carbons (Fsp3) is 0.556. The quantitative estimate of drug-likeness (QED) is 0.333. The van der Waals surface area contributed by atoms with Crippen LogP contribution < -0.4 is 5.32 Å². The van der Waals surface area contributed by atoms with Gasteiger partial charge in [0.1, 0.15) is 25.4 Å². The zero-order valence-electron chi connectivity index (χ0n) is 16.5. The molecule has 0 bridgehead atoms. The van der Waals surface area contributed by atoms with E-state index in [1.165, 1.54) is 7.11 Å². The predicted molar refractivity (Wildman–Crippen MR) is 108 cm³/mol. The number of ether oxygens (including phenoxy) is 3. The summed E-state index contributed by atoms with van der Waals surface area (Å²) in [6.07, 6.45) is -1.86. The summed E-state index contributed by atoms with van der Waals surface area (Å²) in [5.41, 5.74) is 0.827. The number of methoxy groups -OCH3 is 1. The molecule has 0 amide bonds. The highest BCUT2D eigenvalue weighted by Gasteiger charge is 2.48. The number of hydrogen-bond acceptors (Lipinski definition) is 8. The normalized spacial score (nSPS) is 25.8. The van der Waals surface area contributed by atoms with Crippen LogP contribution in [0, 0.1) is 5.92 Å². The Kier molecular flexibility index (Phi) is 9.01. The molecule has 1 fully saturated rings. The van der Waals surface area contributed by atoms with Crippen molar-refractivity contribution in [3.05, 3.63) is 35.9 Å². The van der Waals surface area contributed by atoms with Gasteiger partial charge in [-0.15, -0.1) is 0 Å². The van der Waals surface area contributed by atoms with Gasteiger partial charge in [0.2, 0.25) is 0 Å². The molecular weight excluding hydrogens is 421 g/mol. The number of carbonyl (C=O) groups is 1. The molecular formula is C18H26NO8PS. The third-order valence-corrected chi connectivity index (χ3v) is 5.59. The largest absolute Gasteiger partial charge is 0.508 e. The smallest absolute Gasteiger partial charge is 0.434 e. The van der Waals surface area contributed by atoms with Gasteiger partial charge in [-0.2, -0.15) is 0 Å². The van der Waals surface area contributed by atoms with Crippen LogP contribution in [0.25, 0.3) is 0 Å². The topological polar surface area (TPSA) is 113 Å². The lowest BCUT2D eigenvalue weighted by Gasteiger charge is -2.27. The van der Waals surface area contributed by atoms with E-state index in [2.05, 4.69) is 9.84 Å². The van der Waals surface area contributed by atoms with E-state index in [4.69, 9.17) is 31.0 Å². The first kappa shape index (κ1) is 23.7. The number of nitrogens with one attached hydrogen (secondary N) is 1. The summed E-state index contributed by atoms with van der Waals surface area (Å²) in [7, 11) is -1.75. The maximum absolute atomic E-state index is 11.9. The third-order valence-electron chi connectivity index (χ3n) is 4.50. The van der Waals surface area contributed by atoms with Crippen LogP contribution in [-0.2, 0) is 34.4 Å². The molecule has 162 valence electrons. The summed E-state index contributed by atoms with van der Waals surface area (Å²) in [4.78, 5) is 22.2. The summed E-state index contributed by atoms with van der Waals surface area (Å²) in [5.74, 6) is -0.438. The molecule has 0 aliphatic heterocycles. The van der Waals surface area contributed by atoms with Crippen molar-refractivity contribution in [2.75, 3.05) is 20.8 Å². The molecule has 9 nitrogen and oxygen atoms in total. The highest BCUT2D eigenvalue weighted by atomic mass is 32.1. The van der Waals surface area contributed by atoms with E-state index < -0.39 is 32.1 Å². The first-order valence-electron chi connectivity index (χ1n) is 8.96. The molecule has 0 spiro atoms. The van der Waals surface area contributed by atoms with Crippen LogP contribution in [-0.4, -0.2) is 55.1 Å². The van der Waals surface area contributed by atoms with Crippen LogP contribution in [0.5, 0.6) is 0 Å². The van der Waals surface area contributed by atoms with Gasteiger partial charge in [-0.1, -0.05) is 42.5 Å². The van der Waals surface area contributed by atoms with Crippen molar-refractivity contribution in [1.29, 1.82) is 0 Å². The van der Waals surface area contributed by atoms with Crippen LogP contribution in [0.1, 0.15) is 18.9 Å². The molecule has 1 aromatic rings. The van der Waals surface area contributed by atoms with Crippen LogP contribution in [0.15, 0.2) is 30.3 Å². The third kappa shape index (κ3) is 7.33. The second kappa shape index (κ2) is 11.0. The minimum Gasteiger partial charge on any atom is -0.434 e. The number of benzene rings is 1. The monoisotopic (exact) mass is 447 g/mol. The van der Waals surface area contributed by atoms with Crippen molar-refractivity contribution in [3.63, 3.8) is 0 Å². The molecule has 0 heterocycles. The number of hydrogen-bond donors (Lipinski definition) is 2. The van der Waals surface area contributed by atoms with E-state index in [0.717, 1.165) is 12.7 Å². The van der Waals surface area contributed by atoms with E-state index in [9.17, 15) is 14.3 Å². The Morgan fingerprint density at radius 2 is 1.93 bits per heavy atom. The molecule has 0 aromatic heterocycles. The van der Waals surface area contributed by atoms with Crippen molar-refractivity contribution >= 4 is 31.2 Å². The van der Waals surface area contributed by atoms with Crippen molar-refractivity contribution in [3.8, 4) is 0 Å². The molecule has 0 radical (unpaired) electrons. The van der Waals surface area contributed by atoms with E-state index in [1.807, 2.05) is 30.3 Å². The molecule has 29 heavy (non-hydrogen) atoms. The van der Waals surface area contributed by atoms with Gasteiger partial charge in [0, 0.05) is 20.1 Å². The zero-order valence-corrected chi connectivity index (χ0v) is 18.2. The molecule has 1 aromatic carbocycles. The van der Waals surface area contributed by atoms with Gasteiger partial charge >= 0.3 is 14.0 Å². The maximum Gasteiger partial charge on any atom is 0.508 e. The minimum absolute atomic E-state index is 0.0781. The number of thiocarbonyl (C=S) groups is 1. The summed E-state index contributed by atoms with van der Waals surface area (Å²) < 4.78 is 37.5. The van der Waals surface area contributed by atoms with E-state index in [-0.39, 0.29) is 19.3 Å². The SMILES string of the molecule is CO[C@H]1C(OP(=O)(O)OC)[C@@H](COC(=O)OCc2ccccc2)C[C@H]1NC(C)=S. The summed E-state index contributed by atoms with van der Waals surface area (Å²) in [5, 5.41) is 3.08. The van der Waals surface area contributed by atoms with Gasteiger partial charge in [0.05, 0.1) is 11.0 Å². The maximum atomic E-state index is 11.9. The first-order valence-corrected chi connectivity index (χ1v) is 10.9. The Morgan fingerprint density at radius 1 is 1.24 bits per heavy atom. The Hall–Kier alpha value is -1.55. The van der Waals surface area contributed by atoms with Crippen LogP contribution in [0.4, 0.5) is 4.79 Å². The Morgan fingerprint density at radius 3 is 2.52 bits per heavy atom. The molecule has 2 rings (SSSR count). The molecule has 11 heteroatoms. The second-order valence-electron chi connectivity index (χ2n) is 6.56. The molecule has 2 unspecified atom stereocenters. The predicted octanol–water partition coefficient (Wildman–Crippen LogP) is 2.81. The molecule has 5 atom stereocenters. The van der Waals surface area contributed by atoms with Crippen LogP contribution in [0.2, 0.25) is 0 Å². The van der Waals surface area contributed by atoms with Crippen molar-refractivity contribution in [2.24, 2.45) is 5.92 Å². The van der Waals surface area contributed by atoms with Crippen molar-refractivity contribution in [1.82, 2.24) is 5.32 Å². The molecule has 1 aliphatic carbocycles. The lowest BCUT2D eigenvalue weighted by atomic mass is 10.1. The molecule has 2 N–H and O–H groups in total. The fourth-order valence-electron chi connectivity index (χ4n) is 3.23. The highest BCUT2D eigenvalue weighted by Crippen LogP contribution is 2.48. The first-order chi connectivity index (χ1) is 13.8. The van der Waals surface area contributed by atoms with Crippen molar-refractivity contribution in [2.45, 2.75) is 38.2 Å². The molecule has 1 saturated carbocycles. The summed E-state index contributed by atoms with van der Waals surface area (Å²) in [6, 6.07) is 8.90. The number of phosphoric ester groups is 1. The van der Waals surface area contributed by atoms with Gasteiger partial charge in [-0.25, -0.2) is 9.36 Å². The van der Waals surface area contributed by atoms with E-state index >= 15 is 0 Å². The average molecular weight is 447 g/mol. The van der Waals surface area contributed by atoms with Crippen LogP contribution >= 0.6 is 20.0 Å². The average Bonchev–Trinajstić information content (AvgIpc) is 3.00. The van der Waals surface area contributed by atoms with Gasteiger partial charge in [0.25, 0.3) is 0 Å². The highest BCUT2D eigenvalue weighted by molar-refractivity contribution is 7.80. The second-order valence-corrected chi connectivity index (χ2v) is 8.69. The summed E-state index contributed by atoms with van der Waals surface area (Å²) in [6.45, 7) is 1.71. The molecule has 1 aliphatic rings. The van der Waals surface area contributed by atoms with Crippen molar-refractivity contribution < 1.29 is 37.5 Å². The van der Waals surface area contributed by atoms with E-state index in [0.29, 0.717) is 11.4 Å². The standard InChI is InChI=1S/C18H26NO8PS/c1-12(29)19-15-9-14(16(17(15)23-2)27-28(21,22)24-3)11-26-18(20)25-10-13-7-5-4-6-8-13/h4-8,14-17H,9-11H2,1-3H3,(H,19,29)(H,21,22)/t14-,15-,16?,17-/m1/s1. The van der Waals surface area contributed by atoms with Gasteiger partial charge < -0.3 is 24.4 Å².